The molecule has 0 saturated carbocycles. The molecule has 1 unspecified atom stereocenters. The van der Waals surface area contributed by atoms with E-state index in [0.29, 0.717) is 11.7 Å². The van der Waals surface area contributed by atoms with Crippen LogP contribution in [0.5, 0.6) is 0 Å². The summed E-state index contributed by atoms with van der Waals surface area (Å²) in [4.78, 5) is 7.12. The van der Waals surface area contributed by atoms with Crippen molar-refractivity contribution < 1.29 is 0 Å². The molecule has 0 spiro atoms. The van der Waals surface area contributed by atoms with Crippen molar-refractivity contribution in [1.82, 2.24) is 19.5 Å². The Labute approximate surface area is 135 Å². The molecule has 3 aromatic rings. The van der Waals surface area contributed by atoms with Crippen LogP contribution in [0.25, 0.3) is 16.6 Å². The van der Waals surface area contributed by atoms with Crippen molar-refractivity contribution in [1.29, 1.82) is 0 Å². The van der Waals surface area contributed by atoms with Gasteiger partial charge in [-0.25, -0.2) is 9.50 Å². The zero-order valence-corrected chi connectivity index (χ0v) is 13.3. The Bertz CT molecular complexity index is 885. The highest BCUT2D eigenvalue weighted by Gasteiger charge is 2.39. The van der Waals surface area contributed by atoms with Gasteiger partial charge in [-0.1, -0.05) is 12.1 Å². The zero-order chi connectivity index (χ0) is 15.6. The first-order valence-electron chi connectivity index (χ1n) is 8.46. The van der Waals surface area contributed by atoms with Crippen LogP contribution in [0.1, 0.15) is 37.3 Å². The summed E-state index contributed by atoms with van der Waals surface area (Å²) >= 11 is 0. The third kappa shape index (κ3) is 1.89. The van der Waals surface area contributed by atoms with Gasteiger partial charge in [-0.3, -0.25) is 0 Å². The molecule has 4 heterocycles. The number of piperidine rings is 1. The van der Waals surface area contributed by atoms with Gasteiger partial charge in [-0.15, -0.1) is 0 Å². The van der Waals surface area contributed by atoms with Gasteiger partial charge in [0.15, 0.2) is 5.65 Å². The standard InChI is InChI=1S/C18H21N5/c1-22-12-6-7-13(22)9-11(8-12)15-10-17-20-18(19)14-4-2-3-5-16(14)23(17)21-15/h2-5,10-13H,6-9H2,1H3,(H2,19,20)/t11?,12-,13+. The number of aromatic nitrogens is 3. The van der Waals surface area contributed by atoms with E-state index < -0.39 is 0 Å². The number of rotatable bonds is 1. The highest BCUT2D eigenvalue weighted by molar-refractivity contribution is 5.90. The fourth-order valence-corrected chi connectivity index (χ4v) is 4.56. The number of fused-ring (bicyclic) bond motifs is 5. The third-order valence-electron chi connectivity index (χ3n) is 5.87. The molecule has 5 rings (SSSR count). The molecule has 2 N–H and O–H groups in total. The molecule has 3 atom stereocenters. The summed E-state index contributed by atoms with van der Waals surface area (Å²) in [5.41, 5.74) is 9.20. The molecule has 1 aromatic carbocycles. The molecule has 0 aliphatic carbocycles. The fraction of sp³-hybridized carbons (Fsp3) is 0.444. The van der Waals surface area contributed by atoms with Crippen LogP contribution in [-0.2, 0) is 0 Å². The summed E-state index contributed by atoms with van der Waals surface area (Å²) < 4.78 is 1.96. The first kappa shape index (κ1) is 13.3. The minimum absolute atomic E-state index is 0.547. The fourth-order valence-electron chi connectivity index (χ4n) is 4.56. The smallest absolute Gasteiger partial charge is 0.158 e. The summed E-state index contributed by atoms with van der Waals surface area (Å²) in [6, 6.07) is 11.7. The van der Waals surface area contributed by atoms with E-state index in [1.54, 1.807) is 0 Å². The first-order chi connectivity index (χ1) is 11.2. The zero-order valence-electron chi connectivity index (χ0n) is 13.3. The van der Waals surface area contributed by atoms with Gasteiger partial charge in [0.05, 0.1) is 11.2 Å². The highest BCUT2D eigenvalue weighted by atomic mass is 15.3. The Kier molecular flexibility index (Phi) is 2.71. The number of benzene rings is 1. The van der Waals surface area contributed by atoms with Crippen molar-refractivity contribution in [3.63, 3.8) is 0 Å². The van der Waals surface area contributed by atoms with Crippen LogP contribution in [0.4, 0.5) is 5.82 Å². The van der Waals surface area contributed by atoms with Crippen molar-refractivity contribution in [3.8, 4) is 0 Å². The van der Waals surface area contributed by atoms with E-state index in [2.05, 4.69) is 29.1 Å². The van der Waals surface area contributed by atoms with Gasteiger partial charge in [0.2, 0.25) is 0 Å². The monoisotopic (exact) mass is 307 g/mol. The summed E-state index contributed by atoms with van der Waals surface area (Å²) in [5.74, 6) is 1.13. The van der Waals surface area contributed by atoms with E-state index in [-0.39, 0.29) is 0 Å². The molecule has 5 heteroatoms. The van der Waals surface area contributed by atoms with Crippen LogP contribution in [0.2, 0.25) is 0 Å². The topological polar surface area (TPSA) is 59.5 Å². The van der Waals surface area contributed by atoms with Crippen LogP contribution < -0.4 is 5.73 Å². The van der Waals surface area contributed by atoms with E-state index >= 15 is 0 Å². The number of hydrogen-bond acceptors (Lipinski definition) is 4. The van der Waals surface area contributed by atoms with Crippen LogP contribution >= 0.6 is 0 Å². The van der Waals surface area contributed by atoms with E-state index in [1.165, 1.54) is 31.4 Å². The maximum Gasteiger partial charge on any atom is 0.158 e. The number of nitrogens with zero attached hydrogens (tertiary/aromatic N) is 4. The second kappa shape index (κ2) is 4.68. The van der Waals surface area contributed by atoms with Crippen molar-refractivity contribution in [2.24, 2.45) is 0 Å². The second-order valence-electron chi connectivity index (χ2n) is 7.07. The second-order valence-corrected chi connectivity index (χ2v) is 7.07. The average Bonchev–Trinajstić information content (AvgIpc) is 3.05. The maximum absolute atomic E-state index is 6.12. The largest absolute Gasteiger partial charge is 0.383 e. The minimum Gasteiger partial charge on any atom is -0.383 e. The van der Waals surface area contributed by atoms with Crippen molar-refractivity contribution in [2.45, 2.75) is 43.7 Å². The summed E-state index contributed by atoms with van der Waals surface area (Å²) in [6.07, 6.45) is 5.09. The van der Waals surface area contributed by atoms with Crippen LogP contribution in [0, 0.1) is 0 Å². The Morgan fingerprint density at radius 3 is 2.65 bits per heavy atom. The van der Waals surface area contributed by atoms with E-state index in [4.69, 9.17) is 10.8 Å². The van der Waals surface area contributed by atoms with Gasteiger partial charge in [0, 0.05) is 29.5 Å². The average molecular weight is 307 g/mol. The van der Waals surface area contributed by atoms with Gasteiger partial charge in [0.1, 0.15) is 5.82 Å². The number of para-hydroxylation sites is 1. The predicted molar refractivity (Wildman–Crippen MR) is 91.5 cm³/mol. The predicted octanol–water partition coefficient (Wildman–Crippen LogP) is 2.80. The molecule has 23 heavy (non-hydrogen) atoms. The van der Waals surface area contributed by atoms with Crippen molar-refractivity contribution >= 4 is 22.4 Å². The molecular formula is C18H21N5. The molecule has 5 nitrogen and oxygen atoms in total. The normalized spacial score (nSPS) is 28.0. The summed E-state index contributed by atoms with van der Waals surface area (Å²) in [5, 5.41) is 5.88. The SMILES string of the molecule is CN1[C@@H]2CC[C@H]1CC(c1cc3nc(N)c4ccccc4n3n1)C2. The quantitative estimate of drug-likeness (QED) is 0.751. The molecule has 2 aromatic heterocycles. The van der Waals surface area contributed by atoms with E-state index in [1.807, 2.05) is 22.7 Å². The van der Waals surface area contributed by atoms with E-state index in [0.717, 1.165) is 28.6 Å². The lowest BCUT2D eigenvalue weighted by atomic mass is 9.88. The lowest BCUT2D eigenvalue weighted by Crippen LogP contribution is -2.39. The molecule has 0 radical (unpaired) electrons. The molecule has 2 aliphatic rings. The summed E-state index contributed by atoms with van der Waals surface area (Å²) in [6.45, 7) is 0. The molecule has 2 saturated heterocycles. The molecule has 0 amide bonds. The molecular weight excluding hydrogens is 286 g/mol. The van der Waals surface area contributed by atoms with Gasteiger partial charge < -0.3 is 10.6 Å². The van der Waals surface area contributed by atoms with Crippen LogP contribution in [0.15, 0.2) is 30.3 Å². The third-order valence-corrected chi connectivity index (χ3v) is 5.87. The van der Waals surface area contributed by atoms with Crippen LogP contribution in [0.3, 0.4) is 0 Å². The van der Waals surface area contributed by atoms with E-state index in [9.17, 15) is 0 Å². The lowest BCUT2D eigenvalue weighted by molar-refractivity contribution is 0.160. The summed E-state index contributed by atoms with van der Waals surface area (Å²) in [7, 11) is 2.28. The Hall–Kier alpha value is -2.14. The highest BCUT2D eigenvalue weighted by Crippen LogP contribution is 2.42. The van der Waals surface area contributed by atoms with Crippen molar-refractivity contribution in [2.75, 3.05) is 12.8 Å². The molecule has 2 bridgehead atoms. The Balaban J connectivity index is 1.62. The van der Waals surface area contributed by atoms with Crippen LogP contribution in [-0.4, -0.2) is 38.6 Å². The van der Waals surface area contributed by atoms with Gasteiger partial charge in [-0.2, -0.15) is 5.10 Å². The lowest BCUT2D eigenvalue weighted by Gasteiger charge is -2.35. The number of nitrogens with two attached hydrogens (primary N) is 1. The van der Waals surface area contributed by atoms with Crippen molar-refractivity contribution in [3.05, 3.63) is 36.0 Å². The van der Waals surface area contributed by atoms with Gasteiger partial charge in [-0.05, 0) is 44.9 Å². The molecule has 118 valence electrons. The Morgan fingerprint density at radius 1 is 1.13 bits per heavy atom. The molecule has 2 fully saturated rings. The number of hydrogen-bond donors (Lipinski definition) is 1. The maximum atomic E-state index is 6.12. The number of anilines is 1. The molecule has 2 aliphatic heterocycles. The number of nitrogen functional groups attached to an aromatic ring is 1. The van der Waals surface area contributed by atoms with Gasteiger partial charge >= 0.3 is 0 Å². The minimum atomic E-state index is 0.547. The Morgan fingerprint density at radius 2 is 1.87 bits per heavy atom. The first-order valence-corrected chi connectivity index (χ1v) is 8.46. The van der Waals surface area contributed by atoms with Gasteiger partial charge in [0.25, 0.3) is 0 Å².